The molecule has 0 radical (unpaired) electrons. The standard InChI is InChI=1S/C12H20N4O2S/c1-12(2,3)15-11-14-9(13)8(19-11)10(18)16-5-4-7(17)6-16/h7,17H,4-6,13H2,1-3H3,(H,14,15). The van der Waals surface area contributed by atoms with Gasteiger partial charge in [-0.3, -0.25) is 4.79 Å². The van der Waals surface area contributed by atoms with Crippen LogP contribution in [-0.4, -0.2) is 45.6 Å². The summed E-state index contributed by atoms with van der Waals surface area (Å²) in [5.41, 5.74) is 5.68. The summed E-state index contributed by atoms with van der Waals surface area (Å²) in [6.45, 7) is 6.99. The summed E-state index contributed by atoms with van der Waals surface area (Å²) in [4.78, 5) is 18.5. The average Bonchev–Trinajstić information content (AvgIpc) is 2.82. The number of hydrogen-bond acceptors (Lipinski definition) is 6. The van der Waals surface area contributed by atoms with Crippen LogP contribution in [0.3, 0.4) is 0 Å². The van der Waals surface area contributed by atoms with Crippen LogP contribution >= 0.6 is 11.3 Å². The van der Waals surface area contributed by atoms with Crippen molar-refractivity contribution in [3.05, 3.63) is 4.88 Å². The van der Waals surface area contributed by atoms with Gasteiger partial charge in [0.1, 0.15) is 10.7 Å². The number of nitrogens with two attached hydrogens (primary N) is 1. The predicted molar refractivity (Wildman–Crippen MR) is 76.4 cm³/mol. The summed E-state index contributed by atoms with van der Waals surface area (Å²) in [6.07, 6.45) is 0.197. The third-order valence-corrected chi connectivity index (χ3v) is 3.75. The molecule has 1 saturated heterocycles. The fourth-order valence-corrected chi connectivity index (χ4v) is 2.99. The highest BCUT2D eigenvalue weighted by molar-refractivity contribution is 7.18. The number of aliphatic hydroxyl groups is 1. The fourth-order valence-electron chi connectivity index (χ4n) is 1.93. The van der Waals surface area contributed by atoms with Gasteiger partial charge in [0.25, 0.3) is 5.91 Å². The van der Waals surface area contributed by atoms with Crippen LogP contribution in [0.4, 0.5) is 10.9 Å². The minimum atomic E-state index is -0.426. The molecule has 4 N–H and O–H groups in total. The Bertz CT molecular complexity index is 481. The molecular formula is C12H20N4O2S. The van der Waals surface area contributed by atoms with E-state index in [1.807, 2.05) is 20.8 Å². The number of carbonyl (C=O) groups is 1. The van der Waals surface area contributed by atoms with Crippen molar-refractivity contribution in [2.45, 2.75) is 38.8 Å². The molecule has 1 fully saturated rings. The number of hydrogen-bond donors (Lipinski definition) is 3. The number of nitrogen functional groups attached to an aromatic ring is 1. The first-order valence-corrected chi connectivity index (χ1v) is 7.10. The van der Waals surface area contributed by atoms with Crippen molar-refractivity contribution in [2.24, 2.45) is 0 Å². The average molecular weight is 284 g/mol. The number of nitrogens with one attached hydrogen (secondary N) is 1. The van der Waals surface area contributed by atoms with E-state index in [1.165, 1.54) is 11.3 Å². The molecule has 1 amide bonds. The molecule has 1 aliphatic rings. The molecule has 1 aromatic rings. The van der Waals surface area contributed by atoms with E-state index in [4.69, 9.17) is 5.73 Å². The number of rotatable bonds is 2. The SMILES string of the molecule is CC(C)(C)Nc1nc(N)c(C(=O)N2CCC(O)C2)s1. The van der Waals surface area contributed by atoms with Gasteiger partial charge in [-0.25, -0.2) is 4.98 Å². The summed E-state index contributed by atoms with van der Waals surface area (Å²) < 4.78 is 0. The highest BCUT2D eigenvalue weighted by Gasteiger charge is 2.28. The Kier molecular flexibility index (Phi) is 3.69. The van der Waals surface area contributed by atoms with Gasteiger partial charge in [0.05, 0.1) is 6.10 Å². The molecule has 0 bridgehead atoms. The Morgan fingerprint density at radius 3 is 2.79 bits per heavy atom. The zero-order valence-corrected chi connectivity index (χ0v) is 12.3. The van der Waals surface area contributed by atoms with Gasteiger partial charge in [0.2, 0.25) is 0 Å². The molecule has 1 atom stereocenters. The maximum atomic E-state index is 12.3. The van der Waals surface area contributed by atoms with Crippen LogP contribution in [0.2, 0.25) is 0 Å². The third kappa shape index (κ3) is 3.36. The largest absolute Gasteiger partial charge is 0.391 e. The number of likely N-dealkylation sites (tertiary alicyclic amines) is 1. The Balaban J connectivity index is 2.14. The van der Waals surface area contributed by atoms with Gasteiger partial charge in [0.15, 0.2) is 5.13 Å². The lowest BCUT2D eigenvalue weighted by Gasteiger charge is -2.19. The van der Waals surface area contributed by atoms with Crippen molar-refractivity contribution < 1.29 is 9.90 Å². The van der Waals surface area contributed by atoms with Crippen LogP contribution in [-0.2, 0) is 0 Å². The lowest BCUT2D eigenvalue weighted by atomic mass is 10.1. The summed E-state index contributed by atoms with van der Waals surface area (Å²) >= 11 is 1.26. The predicted octanol–water partition coefficient (Wildman–Crippen LogP) is 1.14. The summed E-state index contributed by atoms with van der Waals surface area (Å²) in [5.74, 6) is 0.108. The van der Waals surface area contributed by atoms with Crippen LogP contribution in [0.5, 0.6) is 0 Å². The van der Waals surface area contributed by atoms with Crippen molar-refractivity contribution >= 4 is 28.2 Å². The lowest BCUT2D eigenvalue weighted by molar-refractivity contribution is 0.0770. The molecular weight excluding hydrogens is 264 g/mol. The second-order valence-electron chi connectivity index (χ2n) is 5.80. The molecule has 19 heavy (non-hydrogen) atoms. The maximum absolute atomic E-state index is 12.3. The molecule has 0 spiro atoms. The van der Waals surface area contributed by atoms with E-state index in [9.17, 15) is 9.90 Å². The first kappa shape index (κ1) is 14.1. The van der Waals surface area contributed by atoms with Crippen molar-refractivity contribution in [1.29, 1.82) is 0 Å². The monoisotopic (exact) mass is 284 g/mol. The van der Waals surface area contributed by atoms with E-state index in [2.05, 4.69) is 10.3 Å². The topological polar surface area (TPSA) is 91.5 Å². The molecule has 0 aliphatic carbocycles. The fraction of sp³-hybridized carbons (Fsp3) is 0.667. The van der Waals surface area contributed by atoms with E-state index in [-0.39, 0.29) is 17.3 Å². The molecule has 7 heteroatoms. The summed E-state index contributed by atoms with van der Waals surface area (Å²) in [5, 5.41) is 13.3. The summed E-state index contributed by atoms with van der Waals surface area (Å²) in [6, 6.07) is 0. The number of nitrogens with zero attached hydrogens (tertiary/aromatic N) is 2. The molecule has 2 heterocycles. The second-order valence-corrected chi connectivity index (χ2v) is 6.80. The number of aromatic nitrogens is 1. The molecule has 0 aromatic carbocycles. The molecule has 106 valence electrons. The third-order valence-electron chi connectivity index (χ3n) is 2.78. The molecule has 1 aromatic heterocycles. The van der Waals surface area contributed by atoms with Gasteiger partial charge >= 0.3 is 0 Å². The van der Waals surface area contributed by atoms with Crippen LogP contribution in [0.25, 0.3) is 0 Å². The van der Waals surface area contributed by atoms with E-state index in [0.717, 1.165) is 0 Å². The highest BCUT2D eigenvalue weighted by atomic mass is 32.1. The van der Waals surface area contributed by atoms with Gasteiger partial charge < -0.3 is 21.1 Å². The van der Waals surface area contributed by atoms with Crippen LogP contribution in [0.1, 0.15) is 36.9 Å². The highest BCUT2D eigenvalue weighted by Crippen LogP contribution is 2.29. The maximum Gasteiger partial charge on any atom is 0.267 e. The normalized spacial score (nSPS) is 19.8. The van der Waals surface area contributed by atoms with E-state index < -0.39 is 6.10 Å². The van der Waals surface area contributed by atoms with Crippen molar-refractivity contribution in [3.8, 4) is 0 Å². The van der Waals surface area contributed by atoms with Gasteiger partial charge in [-0.2, -0.15) is 0 Å². The first-order valence-electron chi connectivity index (χ1n) is 6.28. The van der Waals surface area contributed by atoms with E-state index in [0.29, 0.717) is 29.5 Å². The smallest absolute Gasteiger partial charge is 0.267 e. The molecule has 0 saturated carbocycles. The van der Waals surface area contributed by atoms with Crippen LogP contribution < -0.4 is 11.1 Å². The Hall–Kier alpha value is -1.34. The number of amides is 1. The summed E-state index contributed by atoms with van der Waals surface area (Å²) in [7, 11) is 0. The van der Waals surface area contributed by atoms with Gasteiger partial charge in [-0.05, 0) is 27.2 Å². The zero-order valence-electron chi connectivity index (χ0n) is 11.4. The Morgan fingerprint density at radius 1 is 1.58 bits per heavy atom. The minimum Gasteiger partial charge on any atom is -0.391 e. The number of anilines is 2. The zero-order chi connectivity index (χ0) is 14.2. The Labute approximate surface area is 116 Å². The van der Waals surface area contributed by atoms with Crippen molar-refractivity contribution in [2.75, 3.05) is 24.1 Å². The van der Waals surface area contributed by atoms with Crippen LogP contribution in [0, 0.1) is 0 Å². The lowest BCUT2D eigenvalue weighted by Crippen LogP contribution is -2.29. The minimum absolute atomic E-state index is 0.131. The second kappa shape index (κ2) is 4.97. The van der Waals surface area contributed by atoms with E-state index in [1.54, 1.807) is 4.90 Å². The van der Waals surface area contributed by atoms with Gasteiger partial charge in [0, 0.05) is 18.6 Å². The molecule has 6 nitrogen and oxygen atoms in total. The van der Waals surface area contributed by atoms with Crippen molar-refractivity contribution in [3.63, 3.8) is 0 Å². The number of aliphatic hydroxyl groups excluding tert-OH is 1. The van der Waals surface area contributed by atoms with Crippen molar-refractivity contribution in [1.82, 2.24) is 9.88 Å². The van der Waals surface area contributed by atoms with Gasteiger partial charge in [-0.15, -0.1) is 0 Å². The Morgan fingerprint density at radius 2 is 2.26 bits per heavy atom. The first-order chi connectivity index (χ1) is 8.76. The number of thiazole rings is 1. The molecule has 2 rings (SSSR count). The van der Waals surface area contributed by atoms with Gasteiger partial charge in [-0.1, -0.05) is 11.3 Å². The molecule has 1 unspecified atom stereocenters. The number of carbonyl (C=O) groups excluding carboxylic acids is 1. The van der Waals surface area contributed by atoms with Crippen LogP contribution in [0.15, 0.2) is 0 Å². The number of β-amino-alcohol motifs (C(OH)–C–C–N with tert-alkyl or cyclic N) is 1. The van der Waals surface area contributed by atoms with E-state index >= 15 is 0 Å². The quantitative estimate of drug-likeness (QED) is 0.757. The molecule has 1 aliphatic heterocycles.